The number of aromatic nitrogens is 3. The van der Waals surface area contributed by atoms with Gasteiger partial charge in [0.05, 0.1) is 12.1 Å². The van der Waals surface area contributed by atoms with Crippen molar-refractivity contribution in [3.63, 3.8) is 0 Å². The van der Waals surface area contributed by atoms with Crippen LogP contribution in [0.25, 0.3) is 10.9 Å². The molecule has 3 amide bonds. The van der Waals surface area contributed by atoms with Crippen LogP contribution in [0.3, 0.4) is 0 Å². The Morgan fingerprint density at radius 3 is 2.19 bits per heavy atom. The number of alkyl halides is 3. The van der Waals surface area contributed by atoms with Crippen LogP contribution in [-0.4, -0.2) is 110 Å². The molecule has 1 aromatic carbocycles. The van der Waals surface area contributed by atoms with Gasteiger partial charge in [-0.05, 0) is 92.2 Å². The minimum absolute atomic E-state index is 0.00731. The molecule has 0 spiro atoms. The summed E-state index contributed by atoms with van der Waals surface area (Å²) in [5.74, 6) is -0.298. The van der Waals surface area contributed by atoms with Crippen molar-refractivity contribution < 1.29 is 41.6 Å². The van der Waals surface area contributed by atoms with Gasteiger partial charge in [-0.2, -0.15) is 18.2 Å². The first-order chi connectivity index (χ1) is 27.3. The highest BCUT2D eigenvalue weighted by Gasteiger charge is 2.43. The van der Waals surface area contributed by atoms with E-state index in [1.165, 1.54) is 6.42 Å². The molecule has 2 N–H and O–H groups in total. The molecule has 17 heteroatoms. The second-order valence-electron chi connectivity index (χ2n) is 17.1. The molecule has 3 heterocycles. The normalized spacial score (nSPS) is 15.9. The second kappa shape index (κ2) is 19.3. The SMILES string of the molecule is CC(C)(C)OC(=O)N(CCCc1cc(CNc2nc(NC3CCN(C(=O)C(F)(F)F)CC3)c3ccccc3n2)no1)CCCN(C(=O)OC(C)(C)C)C1CCCCC1. The second-order valence-corrected chi connectivity index (χ2v) is 17.1. The van der Waals surface area contributed by atoms with E-state index in [1.807, 2.05) is 76.8 Å². The number of anilines is 2. The number of piperidine rings is 1. The maximum absolute atomic E-state index is 13.3. The van der Waals surface area contributed by atoms with Crippen LogP contribution in [0.5, 0.6) is 0 Å². The summed E-state index contributed by atoms with van der Waals surface area (Å²) in [7, 11) is 0. The number of amides is 3. The van der Waals surface area contributed by atoms with Crippen LogP contribution in [-0.2, 0) is 27.2 Å². The topological polar surface area (TPSA) is 155 Å². The van der Waals surface area contributed by atoms with Crippen LogP contribution >= 0.6 is 0 Å². The summed E-state index contributed by atoms with van der Waals surface area (Å²) in [6, 6.07) is 9.21. The molecule has 0 radical (unpaired) electrons. The third-order valence-electron chi connectivity index (χ3n) is 9.98. The van der Waals surface area contributed by atoms with E-state index in [9.17, 15) is 27.6 Å². The molecule has 1 saturated heterocycles. The van der Waals surface area contributed by atoms with Crippen LogP contribution in [0, 0.1) is 0 Å². The molecule has 1 saturated carbocycles. The largest absolute Gasteiger partial charge is 0.471 e. The molecular formula is C41H59F3N8O6. The number of hydrogen-bond donors (Lipinski definition) is 2. The molecule has 0 unspecified atom stereocenters. The van der Waals surface area contributed by atoms with Gasteiger partial charge in [0.25, 0.3) is 0 Å². The highest BCUT2D eigenvalue weighted by atomic mass is 19.4. The van der Waals surface area contributed by atoms with Gasteiger partial charge in [0, 0.05) is 62.7 Å². The average molecular weight is 817 g/mol. The van der Waals surface area contributed by atoms with E-state index in [4.69, 9.17) is 14.0 Å². The molecule has 58 heavy (non-hydrogen) atoms. The lowest BCUT2D eigenvalue weighted by molar-refractivity contribution is -0.186. The maximum atomic E-state index is 13.3. The van der Waals surface area contributed by atoms with Gasteiger partial charge in [-0.25, -0.2) is 14.6 Å². The van der Waals surface area contributed by atoms with Crippen molar-refractivity contribution in [1.29, 1.82) is 0 Å². The van der Waals surface area contributed by atoms with Crippen molar-refractivity contribution in [3.05, 3.63) is 41.8 Å². The predicted octanol–water partition coefficient (Wildman–Crippen LogP) is 8.32. The average Bonchev–Trinajstić information content (AvgIpc) is 3.61. The van der Waals surface area contributed by atoms with E-state index in [0.29, 0.717) is 80.5 Å². The fourth-order valence-corrected chi connectivity index (χ4v) is 7.22. The molecule has 5 rings (SSSR count). The van der Waals surface area contributed by atoms with Crippen molar-refractivity contribution >= 4 is 40.8 Å². The number of carbonyl (C=O) groups excluding carboxylic acids is 3. The molecule has 2 fully saturated rings. The summed E-state index contributed by atoms with van der Waals surface area (Å²) in [4.78, 5) is 51.9. The van der Waals surface area contributed by atoms with Crippen molar-refractivity contribution in [2.24, 2.45) is 0 Å². The Kier molecular flexibility index (Phi) is 14.7. The highest BCUT2D eigenvalue weighted by molar-refractivity contribution is 5.90. The summed E-state index contributed by atoms with van der Waals surface area (Å²) in [5, 5.41) is 11.5. The summed E-state index contributed by atoms with van der Waals surface area (Å²) in [6.45, 7) is 12.6. The van der Waals surface area contributed by atoms with Crippen LogP contribution < -0.4 is 10.6 Å². The van der Waals surface area contributed by atoms with E-state index in [2.05, 4.69) is 25.8 Å². The van der Waals surface area contributed by atoms with E-state index in [-0.39, 0.29) is 37.8 Å². The van der Waals surface area contributed by atoms with E-state index in [1.54, 1.807) is 4.90 Å². The van der Waals surface area contributed by atoms with Gasteiger partial charge >= 0.3 is 24.3 Å². The maximum Gasteiger partial charge on any atom is 0.471 e. The first kappa shape index (κ1) is 44.3. The van der Waals surface area contributed by atoms with Gasteiger partial charge in [0.2, 0.25) is 5.95 Å². The molecule has 2 aromatic heterocycles. The van der Waals surface area contributed by atoms with Gasteiger partial charge in [-0.15, -0.1) is 0 Å². The van der Waals surface area contributed by atoms with Crippen LogP contribution in [0.1, 0.15) is 111 Å². The molecule has 3 aromatic rings. The third-order valence-corrected chi connectivity index (χ3v) is 9.98. The zero-order chi connectivity index (χ0) is 42.1. The number of nitrogens with one attached hydrogen (secondary N) is 2. The van der Waals surface area contributed by atoms with Crippen molar-refractivity contribution in [1.82, 2.24) is 29.8 Å². The number of para-hydroxylation sites is 1. The molecule has 1 aliphatic heterocycles. The Labute approximate surface area is 338 Å². The smallest absolute Gasteiger partial charge is 0.444 e. The number of halogens is 3. The quantitative estimate of drug-likeness (QED) is 0.161. The van der Waals surface area contributed by atoms with Gasteiger partial charge < -0.3 is 39.3 Å². The lowest BCUT2D eigenvalue weighted by Gasteiger charge is -2.36. The molecule has 0 atom stereocenters. The third kappa shape index (κ3) is 13.4. The number of likely N-dealkylation sites (tertiary alicyclic amines) is 1. The number of carbonyl (C=O) groups is 3. The monoisotopic (exact) mass is 816 g/mol. The number of ether oxygens (including phenoxy) is 2. The predicted molar refractivity (Wildman–Crippen MR) is 213 cm³/mol. The zero-order valence-electron chi connectivity index (χ0n) is 34.6. The number of hydrogen-bond acceptors (Lipinski definition) is 11. The first-order valence-electron chi connectivity index (χ1n) is 20.4. The summed E-state index contributed by atoms with van der Waals surface area (Å²) < 4.78 is 55.9. The fourth-order valence-electron chi connectivity index (χ4n) is 7.22. The fraction of sp³-hybridized carbons (Fsp3) is 0.659. The molecular weight excluding hydrogens is 757 g/mol. The van der Waals surface area contributed by atoms with Gasteiger partial charge in [-0.1, -0.05) is 36.6 Å². The molecule has 0 bridgehead atoms. The number of rotatable bonds is 14. The minimum atomic E-state index is -4.89. The molecule has 1 aliphatic carbocycles. The minimum Gasteiger partial charge on any atom is -0.444 e. The van der Waals surface area contributed by atoms with E-state index >= 15 is 0 Å². The lowest BCUT2D eigenvalue weighted by Crippen LogP contribution is -2.47. The van der Waals surface area contributed by atoms with Crippen molar-refractivity contribution in [3.8, 4) is 0 Å². The lowest BCUT2D eigenvalue weighted by atomic mass is 9.94. The first-order valence-corrected chi connectivity index (χ1v) is 20.4. The number of aryl methyl sites for hydroxylation is 1. The Morgan fingerprint density at radius 2 is 1.52 bits per heavy atom. The Balaban J connectivity index is 1.15. The summed E-state index contributed by atoms with van der Waals surface area (Å²) >= 11 is 0. The molecule has 320 valence electrons. The van der Waals surface area contributed by atoms with Gasteiger partial charge in [-0.3, -0.25) is 4.79 Å². The number of benzene rings is 1. The van der Waals surface area contributed by atoms with Crippen LogP contribution in [0.2, 0.25) is 0 Å². The van der Waals surface area contributed by atoms with Crippen LogP contribution in [0.4, 0.5) is 34.5 Å². The summed E-state index contributed by atoms with van der Waals surface area (Å²) in [6.07, 6.45) is 1.96. The molecule has 14 nitrogen and oxygen atoms in total. The van der Waals surface area contributed by atoms with E-state index in [0.717, 1.165) is 36.0 Å². The highest BCUT2D eigenvalue weighted by Crippen LogP contribution is 2.28. The standard InChI is InChI=1S/C41H59F3N8O6/c1-39(2,3)56-37(54)51(22-13-23-52(30-14-8-7-9-15-30)38(55)57-40(4,5)6)21-12-16-31-26-29(49-58-31)27-45-36-47-33-18-11-10-17-32(33)34(48-36)46-28-19-24-50(25-20-28)35(53)41(42,43)44/h10-11,17-18,26,28,30H,7-9,12-16,19-25,27H2,1-6H3,(H2,45,46,47,48). The van der Waals surface area contributed by atoms with Crippen LogP contribution in [0.15, 0.2) is 34.9 Å². The van der Waals surface area contributed by atoms with Crippen molar-refractivity contribution in [2.45, 2.75) is 142 Å². The molecule has 2 aliphatic rings. The zero-order valence-corrected chi connectivity index (χ0v) is 34.6. The Morgan fingerprint density at radius 1 is 0.862 bits per heavy atom. The Bertz CT molecular complexity index is 1830. The van der Waals surface area contributed by atoms with Gasteiger partial charge in [0.15, 0.2) is 0 Å². The Hall–Kier alpha value is -4.83. The van der Waals surface area contributed by atoms with E-state index < -0.39 is 29.4 Å². The van der Waals surface area contributed by atoms with Gasteiger partial charge in [0.1, 0.15) is 28.5 Å². The summed E-state index contributed by atoms with van der Waals surface area (Å²) in [5.41, 5.74) is 0.0234. The number of nitrogens with zero attached hydrogens (tertiary/aromatic N) is 6. The number of fused-ring (bicyclic) bond motifs is 1. The van der Waals surface area contributed by atoms with Crippen molar-refractivity contribution in [2.75, 3.05) is 43.4 Å².